The monoisotopic (exact) mass is 303 g/mol. The molecule has 7 heteroatoms. The Morgan fingerprint density at radius 1 is 1.33 bits per heavy atom. The summed E-state index contributed by atoms with van der Waals surface area (Å²) in [5.74, 6) is 4.70. The molecular formula is C14H20F3N3O. The molecule has 118 valence electrons. The maximum Gasteiger partial charge on any atom is 0.416 e. The molecule has 0 aliphatic rings. The van der Waals surface area contributed by atoms with Gasteiger partial charge in [0.15, 0.2) is 0 Å². The maximum absolute atomic E-state index is 12.7. The molecule has 1 amide bonds. The molecule has 0 bridgehead atoms. The van der Waals surface area contributed by atoms with Gasteiger partial charge in [0.25, 0.3) is 5.91 Å². The van der Waals surface area contributed by atoms with Crippen LogP contribution in [0.1, 0.15) is 49.0 Å². The van der Waals surface area contributed by atoms with E-state index in [0.29, 0.717) is 6.42 Å². The van der Waals surface area contributed by atoms with Crippen LogP contribution in [0, 0.1) is 0 Å². The largest absolute Gasteiger partial charge is 0.416 e. The van der Waals surface area contributed by atoms with Crippen molar-refractivity contribution in [3.05, 3.63) is 29.3 Å². The molecule has 4 N–H and O–H groups in total. The van der Waals surface area contributed by atoms with Gasteiger partial charge in [0.2, 0.25) is 0 Å². The summed E-state index contributed by atoms with van der Waals surface area (Å²) in [6, 6.07) is 2.78. The van der Waals surface area contributed by atoms with E-state index < -0.39 is 17.6 Å². The zero-order valence-corrected chi connectivity index (χ0v) is 12.1. The van der Waals surface area contributed by atoms with Crippen LogP contribution in [0.25, 0.3) is 0 Å². The lowest BCUT2D eigenvalue weighted by molar-refractivity contribution is -0.137. The number of benzene rings is 1. The molecule has 0 saturated heterocycles. The fourth-order valence-corrected chi connectivity index (χ4v) is 2.02. The number of rotatable bonds is 6. The van der Waals surface area contributed by atoms with E-state index in [0.717, 1.165) is 31.0 Å². The van der Waals surface area contributed by atoms with Crippen molar-refractivity contribution in [2.45, 2.75) is 45.3 Å². The normalized spacial score (nSPS) is 12.9. The molecule has 1 rings (SSSR count). The van der Waals surface area contributed by atoms with Gasteiger partial charge in [-0.1, -0.05) is 20.3 Å². The summed E-state index contributed by atoms with van der Waals surface area (Å²) < 4.78 is 38.2. The second kappa shape index (κ2) is 7.31. The summed E-state index contributed by atoms with van der Waals surface area (Å²) in [6.07, 6.45) is -2.14. The van der Waals surface area contributed by atoms with E-state index in [1.807, 2.05) is 13.8 Å². The molecule has 21 heavy (non-hydrogen) atoms. The average Bonchev–Trinajstić information content (AvgIpc) is 2.44. The van der Waals surface area contributed by atoms with E-state index >= 15 is 0 Å². The number of anilines is 1. The second-order valence-electron chi connectivity index (χ2n) is 4.77. The number of nitrogens with one attached hydrogen (secondary N) is 2. The summed E-state index contributed by atoms with van der Waals surface area (Å²) in [7, 11) is 0. The third kappa shape index (κ3) is 4.63. The zero-order valence-electron chi connectivity index (χ0n) is 12.1. The standard InChI is InChI=1S/C14H20F3N3O/c1-3-5-10(4-2)19-13(21)11-8-9(14(15,16)17)6-7-12(11)20-18/h6-8,10,20H,3-5,18H2,1-2H3,(H,19,21). The van der Waals surface area contributed by atoms with Crippen molar-refractivity contribution in [1.82, 2.24) is 5.32 Å². The highest BCUT2D eigenvalue weighted by atomic mass is 19.4. The molecule has 4 nitrogen and oxygen atoms in total. The van der Waals surface area contributed by atoms with Crippen molar-refractivity contribution in [1.29, 1.82) is 0 Å². The first-order valence-corrected chi connectivity index (χ1v) is 6.82. The van der Waals surface area contributed by atoms with Crippen LogP contribution in [-0.2, 0) is 6.18 Å². The van der Waals surface area contributed by atoms with Gasteiger partial charge in [-0.2, -0.15) is 13.2 Å². The molecule has 0 fully saturated rings. The summed E-state index contributed by atoms with van der Waals surface area (Å²) in [6.45, 7) is 3.89. The number of hydrazine groups is 1. The van der Waals surface area contributed by atoms with Gasteiger partial charge in [-0.25, -0.2) is 0 Å². The van der Waals surface area contributed by atoms with Crippen molar-refractivity contribution in [3.63, 3.8) is 0 Å². The number of amides is 1. The second-order valence-corrected chi connectivity index (χ2v) is 4.77. The Bertz CT molecular complexity index is 489. The lowest BCUT2D eigenvalue weighted by Crippen LogP contribution is -2.35. The molecule has 0 aliphatic heterocycles. The van der Waals surface area contributed by atoms with Crippen LogP contribution in [-0.4, -0.2) is 11.9 Å². The molecule has 0 spiro atoms. The van der Waals surface area contributed by atoms with Gasteiger partial charge in [-0.15, -0.1) is 0 Å². The minimum Gasteiger partial charge on any atom is -0.349 e. The fraction of sp³-hybridized carbons (Fsp3) is 0.500. The van der Waals surface area contributed by atoms with Crippen LogP contribution < -0.4 is 16.6 Å². The fourth-order valence-electron chi connectivity index (χ4n) is 2.02. The van der Waals surface area contributed by atoms with Crippen molar-refractivity contribution in [3.8, 4) is 0 Å². The van der Waals surface area contributed by atoms with Crippen LogP contribution >= 0.6 is 0 Å². The van der Waals surface area contributed by atoms with Gasteiger partial charge < -0.3 is 10.7 Å². The van der Waals surface area contributed by atoms with E-state index in [2.05, 4.69) is 10.7 Å². The van der Waals surface area contributed by atoms with Crippen LogP contribution in [0.4, 0.5) is 18.9 Å². The Kier molecular flexibility index (Phi) is 6.02. The Hall–Kier alpha value is -1.76. The molecule has 0 radical (unpaired) electrons. The predicted molar refractivity (Wildman–Crippen MR) is 75.7 cm³/mol. The van der Waals surface area contributed by atoms with Crippen molar-refractivity contribution >= 4 is 11.6 Å². The molecular weight excluding hydrogens is 283 g/mol. The Balaban J connectivity index is 3.06. The quantitative estimate of drug-likeness (QED) is 0.558. The van der Waals surface area contributed by atoms with Crippen LogP contribution in [0.3, 0.4) is 0 Å². The minimum atomic E-state index is -4.50. The average molecular weight is 303 g/mol. The number of hydrogen-bond acceptors (Lipinski definition) is 3. The van der Waals surface area contributed by atoms with Gasteiger partial charge in [0.1, 0.15) is 0 Å². The molecule has 1 unspecified atom stereocenters. The highest BCUT2D eigenvalue weighted by Gasteiger charge is 2.31. The predicted octanol–water partition coefficient (Wildman–Crippen LogP) is 3.30. The Morgan fingerprint density at radius 2 is 2.00 bits per heavy atom. The highest BCUT2D eigenvalue weighted by molar-refractivity contribution is 6.00. The SMILES string of the molecule is CCCC(CC)NC(=O)c1cc(C(F)(F)F)ccc1NN. The molecule has 0 aromatic heterocycles. The molecule has 0 heterocycles. The van der Waals surface area contributed by atoms with Gasteiger partial charge in [0.05, 0.1) is 16.8 Å². The zero-order chi connectivity index (χ0) is 16.0. The smallest absolute Gasteiger partial charge is 0.349 e. The molecule has 0 saturated carbocycles. The summed E-state index contributed by atoms with van der Waals surface area (Å²) in [5.41, 5.74) is 1.42. The number of nitrogen functional groups attached to an aromatic ring is 1. The van der Waals surface area contributed by atoms with Gasteiger partial charge in [-0.05, 0) is 31.0 Å². The third-order valence-corrected chi connectivity index (χ3v) is 3.21. The minimum absolute atomic E-state index is 0.0670. The first-order valence-electron chi connectivity index (χ1n) is 6.82. The van der Waals surface area contributed by atoms with Gasteiger partial charge in [-0.3, -0.25) is 10.6 Å². The lowest BCUT2D eigenvalue weighted by atomic mass is 10.1. The number of alkyl halides is 3. The number of carbonyl (C=O) groups is 1. The molecule has 1 atom stereocenters. The molecule has 1 aromatic rings. The van der Waals surface area contributed by atoms with E-state index in [-0.39, 0.29) is 17.3 Å². The summed E-state index contributed by atoms with van der Waals surface area (Å²) in [5, 5.41) is 2.74. The maximum atomic E-state index is 12.7. The van der Waals surface area contributed by atoms with Crippen molar-refractivity contribution in [2.75, 3.05) is 5.43 Å². The van der Waals surface area contributed by atoms with Crippen LogP contribution in [0.2, 0.25) is 0 Å². The number of hydrogen-bond donors (Lipinski definition) is 3. The van der Waals surface area contributed by atoms with Crippen molar-refractivity contribution < 1.29 is 18.0 Å². The topological polar surface area (TPSA) is 67.2 Å². The van der Waals surface area contributed by atoms with E-state index in [4.69, 9.17) is 5.84 Å². The first-order chi connectivity index (χ1) is 9.83. The van der Waals surface area contributed by atoms with Gasteiger partial charge >= 0.3 is 6.18 Å². The van der Waals surface area contributed by atoms with Gasteiger partial charge in [0, 0.05) is 6.04 Å². The van der Waals surface area contributed by atoms with E-state index in [1.54, 1.807) is 0 Å². The number of halogens is 3. The highest BCUT2D eigenvalue weighted by Crippen LogP contribution is 2.31. The molecule has 0 aliphatic carbocycles. The first kappa shape index (κ1) is 17.3. The lowest BCUT2D eigenvalue weighted by Gasteiger charge is -2.18. The molecule has 1 aromatic carbocycles. The summed E-state index contributed by atoms with van der Waals surface area (Å²) >= 11 is 0. The third-order valence-electron chi connectivity index (χ3n) is 3.21. The Morgan fingerprint density at radius 3 is 2.48 bits per heavy atom. The van der Waals surface area contributed by atoms with Crippen molar-refractivity contribution in [2.24, 2.45) is 5.84 Å². The Labute approximate surface area is 121 Å². The van der Waals surface area contributed by atoms with Crippen LogP contribution in [0.15, 0.2) is 18.2 Å². The number of carbonyl (C=O) groups excluding carboxylic acids is 1. The van der Waals surface area contributed by atoms with Crippen LogP contribution in [0.5, 0.6) is 0 Å². The van der Waals surface area contributed by atoms with E-state index in [9.17, 15) is 18.0 Å². The summed E-state index contributed by atoms with van der Waals surface area (Å²) in [4.78, 5) is 12.2. The van der Waals surface area contributed by atoms with E-state index in [1.165, 1.54) is 0 Å². The number of nitrogens with two attached hydrogens (primary N) is 1.